The third-order valence-corrected chi connectivity index (χ3v) is 7.30. The molecule has 6 nitrogen and oxygen atoms in total. The van der Waals surface area contributed by atoms with Crippen LogP contribution in [0.2, 0.25) is 0 Å². The number of nitrogens with zero attached hydrogens (tertiary/aromatic N) is 3. The van der Waals surface area contributed by atoms with E-state index in [1.54, 1.807) is 16.2 Å². The zero-order valence-corrected chi connectivity index (χ0v) is 16.4. The van der Waals surface area contributed by atoms with Gasteiger partial charge in [0.1, 0.15) is 15.7 Å². The summed E-state index contributed by atoms with van der Waals surface area (Å²) < 4.78 is 0. The van der Waals surface area contributed by atoms with Crippen LogP contribution < -0.4 is 5.73 Å². The minimum Gasteiger partial charge on any atom is -0.369 e. The van der Waals surface area contributed by atoms with Gasteiger partial charge in [0.05, 0.1) is 11.7 Å². The van der Waals surface area contributed by atoms with Gasteiger partial charge in [-0.25, -0.2) is 9.97 Å². The number of thiophene rings is 1. The minimum atomic E-state index is -0.308. The normalized spacial score (nSPS) is 19.7. The Kier molecular flexibility index (Phi) is 4.88. The van der Waals surface area contributed by atoms with Crippen molar-refractivity contribution in [1.29, 1.82) is 0 Å². The highest BCUT2D eigenvalue weighted by Gasteiger charge is 2.28. The summed E-state index contributed by atoms with van der Waals surface area (Å²) in [5.41, 5.74) is 6.80. The SMILES string of the molecule is Cc1nc(SCC(=O)N2CCC[C@@H](C(N)=O)C2)c2c3c(sc2n1)CCC3. The number of aryl methyl sites for hydroxylation is 3. The molecule has 2 N–H and O–H groups in total. The molecule has 0 unspecified atom stereocenters. The lowest BCUT2D eigenvalue weighted by Gasteiger charge is -2.31. The fourth-order valence-electron chi connectivity index (χ4n) is 3.83. The Morgan fingerprint density at radius 1 is 1.31 bits per heavy atom. The Morgan fingerprint density at radius 2 is 2.15 bits per heavy atom. The van der Waals surface area contributed by atoms with Crippen LogP contribution >= 0.6 is 23.1 Å². The molecular weight excluding hydrogens is 368 g/mol. The molecule has 3 heterocycles. The van der Waals surface area contributed by atoms with Crippen LogP contribution in [0.1, 0.15) is 35.5 Å². The molecule has 1 saturated heterocycles. The second kappa shape index (κ2) is 7.15. The van der Waals surface area contributed by atoms with Gasteiger partial charge in [-0.3, -0.25) is 9.59 Å². The first-order chi connectivity index (χ1) is 12.5. The molecule has 2 amide bonds. The predicted octanol–water partition coefficient (Wildman–Crippen LogP) is 2.30. The molecule has 2 aromatic heterocycles. The molecule has 0 bridgehead atoms. The first-order valence-corrected chi connectivity index (χ1v) is 10.8. The summed E-state index contributed by atoms with van der Waals surface area (Å²) in [4.78, 5) is 37.5. The van der Waals surface area contributed by atoms with Crippen molar-refractivity contribution in [3.05, 3.63) is 16.3 Å². The van der Waals surface area contributed by atoms with Gasteiger partial charge >= 0.3 is 0 Å². The van der Waals surface area contributed by atoms with Crippen LogP contribution in [-0.4, -0.2) is 45.5 Å². The molecule has 2 aliphatic rings. The van der Waals surface area contributed by atoms with Gasteiger partial charge in [0.15, 0.2) is 0 Å². The molecule has 1 aliphatic carbocycles. The van der Waals surface area contributed by atoms with E-state index in [0.29, 0.717) is 18.8 Å². The van der Waals surface area contributed by atoms with E-state index in [9.17, 15) is 9.59 Å². The van der Waals surface area contributed by atoms with Crippen molar-refractivity contribution in [3.63, 3.8) is 0 Å². The third kappa shape index (κ3) is 3.32. The van der Waals surface area contributed by atoms with Crippen LogP contribution in [0.15, 0.2) is 5.03 Å². The van der Waals surface area contributed by atoms with Crippen LogP contribution in [-0.2, 0) is 22.4 Å². The highest BCUT2D eigenvalue weighted by molar-refractivity contribution is 8.00. The number of nitrogens with two attached hydrogens (primary N) is 1. The molecule has 0 spiro atoms. The second-order valence-corrected chi connectivity index (χ2v) is 9.03. The molecule has 8 heteroatoms. The molecule has 0 saturated carbocycles. The van der Waals surface area contributed by atoms with Gasteiger partial charge in [-0.05, 0) is 44.6 Å². The number of aromatic nitrogens is 2. The monoisotopic (exact) mass is 390 g/mol. The summed E-state index contributed by atoms with van der Waals surface area (Å²) in [5, 5.41) is 2.07. The maximum absolute atomic E-state index is 12.6. The number of carbonyl (C=O) groups is 2. The molecule has 26 heavy (non-hydrogen) atoms. The molecule has 2 aromatic rings. The van der Waals surface area contributed by atoms with E-state index in [1.165, 1.54) is 28.6 Å². The Hall–Kier alpha value is -1.67. The van der Waals surface area contributed by atoms with E-state index < -0.39 is 0 Å². The van der Waals surface area contributed by atoms with E-state index >= 15 is 0 Å². The Morgan fingerprint density at radius 3 is 2.96 bits per heavy atom. The molecule has 0 radical (unpaired) electrons. The van der Waals surface area contributed by atoms with Crippen LogP contribution in [0, 0.1) is 12.8 Å². The highest BCUT2D eigenvalue weighted by Crippen LogP contribution is 2.40. The van der Waals surface area contributed by atoms with Gasteiger partial charge in [-0.1, -0.05) is 11.8 Å². The Balaban J connectivity index is 1.51. The van der Waals surface area contributed by atoms with E-state index in [2.05, 4.69) is 9.97 Å². The molecule has 1 fully saturated rings. The lowest BCUT2D eigenvalue weighted by molar-refractivity contribution is -0.132. The van der Waals surface area contributed by atoms with Gasteiger partial charge < -0.3 is 10.6 Å². The van der Waals surface area contributed by atoms with Crippen molar-refractivity contribution in [2.24, 2.45) is 11.7 Å². The number of piperidine rings is 1. The Labute approximate surface area is 160 Å². The summed E-state index contributed by atoms with van der Waals surface area (Å²) >= 11 is 3.26. The summed E-state index contributed by atoms with van der Waals surface area (Å²) in [6, 6.07) is 0. The number of primary amides is 1. The number of hydrogen-bond acceptors (Lipinski definition) is 6. The van der Waals surface area contributed by atoms with E-state index in [-0.39, 0.29) is 17.7 Å². The number of thioether (sulfide) groups is 1. The van der Waals surface area contributed by atoms with Crippen molar-refractivity contribution in [1.82, 2.24) is 14.9 Å². The fourth-order valence-corrected chi connectivity index (χ4v) is 6.20. The average molecular weight is 391 g/mol. The molecule has 1 atom stereocenters. The van der Waals surface area contributed by atoms with Crippen LogP contribution in [0.25, 0.3) is 10.2 Å². The number of fused-ring (bicyclic) bond motifs is 3. The topological polar surface area (TPSA) is 89.2 Å². The van der Waals surface area contributed by atoms with Gasteiger partial charge in [0.25, 0.3) is 0 Å². The average Bonchev–Trinajstić information content (AvgIpc) is 3.19. The van der Waals surface area contributed by atoms with E-state index in [4.69, 9.17) is 5.73 Å². The molecule has 0 aromatic carbocycles. The standard InChI is InChI=1S/C18H22N4O2S2/c1-10-20-17(15-12-5-2-6-13(12)26-18(15)21-10)25-9-14(23)22-7-3-4-11(8-22)16(19)24/h11H,2-9H2,1H3,(H2,19,24)/t11-/m1/s1. The zero-order chi connectivity index (χ0) is 18.3. The van der Waals surface area contributed by atoms with Gasteiger partial charge in [-0.15, -0.1) is 11.3 Å². The number of likely N-dealkylation sites (tertiary alicyclic amines) is 1. The quantitative estimate of drug-likeness (QED) is 0.639. The Bertz CT molecular complexity index is 880. The van der Waals surface area contributed by atoms with Gasteiger partial charge in [0, 0.05) is 23.4 Å². The first kappa shape index (κ1) is 17.7. The largest absolute Gasteiger partial charge is 0.369 e. The lowest BCUT2D eigenvalue weighted by Crippen LogP contribution is -2.44. The molecule has 138 valence electrons. The van der Waals surface area contributed by atoms with Crippen LogP contribution in [0.3, 0.4) is 0 Å². The minimum absolute atomic E-state index is 0.0530. The number of rotatable bonds is 4. The second-order valence-electron chi connectivity index (χ2n) is 6.98. The van der Waals surface area contributed by atoms with Gasteiger partial charge in [0.2, 0.25) is 11.8 Å². The summed E-state index contributed by atoms with van der Waals surface area (Å²) in [6.07, 6.45) is 5.00. The fraction of sp³-hybridized carbons (Fsp3) is 0.556. The number of carbonyl (C=O) groups excluding carboxylic acids is 2. The summed E-state index contributed by atoms with van der Waals surface area (Å²) in [6.45, 7) is 3.05. The maximum atomic E-state index is 12.6. The molecule has 1 aliphatic heterocycles. The first-order valence-electron chi connectivity index (χ1n) is 9.01. The number of amides is 2. The van der Waals surface area contributed by atoms with Crippen molar-refractivity contribution >= 4 is 45.1 Å². The molecule has 4 rings (SSSR count). The van der Waals surface area contributed by atoms with E-state index in [1.807, 2.05) is 6.92 Å². The van der Waals surface area contributed by atoms with E-state index in [0.717, 1.165) is 46.8 Å². The molecular formula is C18H22N4O2S2. The van der Waals surface area contributed by atoms with Crippen molar-refractivity contribution < 1.29 is 9.59 Å². The number of hydrogen-bond donors (Lipinski definition) is 1. The zero-order valence-electron chi connectivity index (χ0n) is 14.8. The van der Waals surface area contributed by atoms with Crippen molar-refractivity contribution in [3.8, 4) is 0 Å². The summed E-state index contributed by atoms with van der Waals surface area (Å²) in [7, 11) is 0. The maximum Gasteiger partial charge on any atom is 0.233 e. The van der Waals surface area contributed by atoms with Crippen LogP contribution in [0.5, 0.6) is 0 Å². The highest BCUT2D eigenvalue weighted by atomic mass is 32.2. The summed E-state index contributed by atoms with van der Waals surface area (Å²) in [5.74, 6) is 0.612. The predicted molar refractivity (Wildman–Crippen MR) is 103 cm³/mol. The van der Waals surface area contributed by atoms with Gasteiger partial charge in [-0.2, -0.15) is 0 Å². The third-order valence-electron chi connectivity index (χ3n) is 5.15. The van der Waals surface area contributed by atoms with Crippen LogP contribution in [0.4, 0.5) is 0 Å². The lowest BCUT2D eigenvalue weighted by atomic mass is 9.97. The van der Waals surface area contributed by atoms with Crippen molar-refractivity contribution in [2.75, 3.05) is 18.8 Å². The van der Waals surface area contributed by atoms with Crippen molar-refractivity contribution in [2.45, 2.75) is 44.1 Å². The smallest absolute Gasteiger partial charge is 0.233 e.